The van der Waals surface area contributed by atoms with Gasteiger partial charge in [0.05, 0.1) is 5.56 Å². The summed E-state index contributed by atoms with van der Waals surface area (Å²) in [7, 11) is 0. The first-order chi connectivity index (χ1) is 8.09. The number of halogens is 2. The maximum Gasteiger partial charge on any atom is 0.165 e. The molecule has 0 unspecified atom stereocenters. The van der Waals surface area contributed by atoms with E-state index in [9.17, 15) is 13.6 Å². The zero-order chi connectivity index (χ0) is 12.4. The molecular formula is C13H9F2NO. The molecular weight excluding hydrogens is 224 g/mol. The molecule has 0 aliphatic carbocycles. The number of hydrogen-bond donors (Lipinski definition) is 0. The Hall–Kier alpha value is -2.10. The molecule has 17 heavy (non-hydrogen) atoms. The molecule has 1 heterocycles. The first-order valence-corrected chi connectivity index (χ1v) is 5.00. The fraction of sp³-hybridized carbons (Fsp3) is 0.0769. The molecule has 1 aromatic carbocycles. The minimum absolute atomic E-state index is 0.359. The van der Waals surface area contributed by atoms with Gasteiger partial charge in [0.1, 0.15) is 11.6 Å². The molecule has 4 heteroatoms. The van der Waals surface area contributed by atoms with Crippen LogP contribution in [-0.4, -0.2) is 10.8 Å². The summed E-state index contributed by atoms with van der Waals surface area (Å²) in [6, 6.07) is 5.63. The van der Waals surface area contributed by atoms with Gasteiger partial charge in [0.15, 0.2) is 5.78 Å². The number of pyridine rings is 1. The van der Waals surface area contributed by atoms with Gasteiger partial charge in [-0.05, 0) is 30.7 Å². The molecule has 86 valence electrons. The van der Waals surface area contributed by atoms with Gasteiger partial charge in [-0.15, -0.1) is 0 Å². The number of benzene rings is 1. The van der Waals surface area contributed by atoms with Gasteiger partial charge < -0.3 is 0 Å². The topological polar surface area (TPSA) is 30.0 Å². The van der Waals surface area contributed by atoms with Gasteiger partial charge in [-0.3, -0.25) is 9.78 Å². The van der Waals surface area contributed by atoms with E-state index in [1.54, 1.807) is 18.3 Å². The summed E-state index contributed by atoms with van der Waals surface area (Å²) in [6.07, 6.45) is 3.07. The molecule has 2 nitrogen and oxygen atoms in total. The molecule has 0 saturated heterocycles. The molecule has 0 radical (unpaired) electrons. The van der Waals surface area contributed by atoms with Crippen LogP contribution in [0, 0.1) is 11.6 Å². The monoisotopic (exact) mass is 233 g/mol. The Labute approximate surface area is 96.9 Å². The van der Waals surface area contributed by atoms with Gasteiger partial charge in [0.25, 0.3) is 0 Å². The van der Waals surface area contributed by atoms with E-state index >= 15 is 0 Å². The quantitative estimate of drug-likeness (QED) is 0.745. The van der Waals surface area contributed by atoms with Crippen LogP contribution in [0.25, 0.3) is 11.1 Å². The largest absolute Gasteiger partial charge is 0.294 e. The van der Waals surface area contributed by atoms with Crippen molar-refractivity contribution in [3.05, 3.63) is 53.9 Å². The lowest BCUT2D eigenvalue weighted by Gasteiger charge is -2.05. The third-order valence-corrected chi connectivity index (χ3v) is 2.39. The highest BCUT2D eigenvalue weighted by Crippen LogP contribution is 2.23. The van der Waals surface area contributed by atoms with E-state index in [0.717, 1.165) is 19.1 Å². The number of carbonyl (C=O) groups is 1. The number of Topliss-reactive ketones (excluding diaryl/α,β-unsaturated/α-hetero) is 1. The molecule has 0 bridgehead atoms. The Morgan fingerprint density at radius 3 is 2.29 bits per heavy atom. The van der Waals surface area contributed by atoms with Crippen molar-refractivity contribution in [2.24, 2.45) is 0 Å². The molecule has 0 spiro atoms. The van der Waals surface area contributed by atoms with E-state index in [2.05, 4.69) is 4.98 Å². The van der Waals surface area contributed by atoms with Crippen molar-refractivity contribution in [1.29, 1.82) is 0 Å². The Morgan fingerprint density at radius 1 is 1.18 bits per heavy atom. The highest BCUT2D eigenvalue weighted by molar-refractivity contribution is 5.95. The highest BCUT2D eigenvalue weighted by atomic mass is 19.1. The third kappa shape index (κ3) is 2.20. The molecule has 0 saturated carbocycles. The van der Waals surface area contributed by atoms with Gasteiger partial charge >= 0.3 is 0 Å². The second kappa shape index (κ2) is 4.41. The minimum Gasteiger partial charge on any atom is -0.294 e. The molecule has 1 aromatic heterocycles. The average Bonchev–Trinajstić information content (AvgIpc) is 2.28. The summed E-state index contributed by atoms with van der Waals surface area (Å²) in [5, 5.41) is 0. The van der Waals surface area contributed by atoms with E-state index in [0.29, 0.717) is 11.1 Å². The van der Waals surface area contributed by atoms with Crippen LogP contribution in [0.1, 0.15) is 17.3 Å². The second-order valence-electron chi connectivity index (χ2n) is 3.61. The van der Waals surface area contributed by atoms with Crippen LogP contribution in [0.4, 0.5) is 8.78 Å². The van der Waals surface area contributed by atoms with Gasteiger partial charge in [0.2, 0.25) is 0 Å². The van der Waals surface area contributed by atoms with Gasteiger partial charge in [-0.25, -0.2) is 8.78 Å². The highest BCUT2D eigenvalue weighted by Gasteiger charge is 2.15. The standard InChI is InChI=1S/C13H9F2NO/c1-8(17)13-11(14)5-10(6-12(13)15)9-3-2-4-16-7-9/h2-7H,1H3. The number of nitrogens with zero attached hydrogens (tertiary/aromatic N) is 1. The predicted molar refractivity (Wildman–Crippen MR) is 59.6 cm³/mol. The number of ketones is 1. The minimum atomic E-state index is -0.851. The van der Waals surface area contributed by atoms with Crippen LogP contribution in [0.15, 0.2) is 36.7 Å². The van der Waals surface area contributed by atoms with Crippen LogP contribution >= 0.6 is 0 Å². The van der Waals surface area contributed by atoms with E-state index < -0.39 is 23.0 Å². The Bertz CT molecular complexity index is 544. The van der Waals surface area contributed by atoms with Crippen molar-refractivity contribution in [3.8, 4) is 11.1 Å². The van der Waals surface area contributed by atoms with Crippen LogP contribution < -0.4 is 0 Å². The summed E-state index contributed by atoms with van der Waals surface area (Å²) in [6.45, 7) is 1.13. The van der Waals surface area contributed by atoms with Gasteiger partial charge in [-0.2, -0.15) is 0 Å². The van der Waals surface area contributed by atoms with Crippen molar-refractivity contribution in [1.82, 2.24) is 4.98 Å². The molecule has 0 aliphatic heterocycles. The fourth-order valence-electron chi connectivity index (χ4n) is 1.61. The number of rotatable bonds is 2. The SMILES string of the molecule is CC(=O)c1c(F)cc(-c2cccnc2)cc1F. The molecule has 2 aromatic rings. The number of aromatic nitrogens is 1. The fourth-order valence-corrected chi connectivity index (χ4v) is 1.61. The average molecular weight is 233 g/mol. The predicted octanol–water partition coefficient (Wildman–Crippen LogP) is 3.23. The summed E-state index contributed by atoms with van der Waals surface area (Å²) in [4.78, 5) is 14.9. The smallest absolute Gasteiger partial charge is 0.165 e. The lowest BCUT2D eigenvalue weighted by molar-refractivity contribution is 0.101. The Balaban J connectivity index is 2.57. The van der Waals surface area contributed by atoms with Crippen molar-refractivity contribution >= 4 is 5.78 Å². The Morgan fingerprint density at radius 2 is 1.82 bits per heavy atom. The van der Waals surface area contributed by atoms with Gasteiger partial charge in [-0.1, -0.05) is 6.07 Å². The normalized spacial score (nSPS) is 10.3. The second-order valence-corrected chi connectivity index (χ2v) is 3.61. The van der Waals surface area contributed by atoms with E-state index in [1.807, 2.05) is 0 Å². The summed E-state index contributed by atoms with van der Waals surface area (Å²) < 4.78 is 27.1. The molecule has 0 N–H and O–H groups in total. The number of carbonyl (C=O) groups excluding carboxylic acids is 1. The maximum atomic E-state index is 13.6. The maximum absolute atomic E-state index is 13.6. The molecule has 0 atom stereocenters. The molecule has 0 fully saturated rings. The van der Waals surface area contributed by atoms with Crippen LogP contribution in [-0.2, 0) is 0 Å². The lowest BCUT2D eigenvalue weighted by Crippen LogP contribution is -2.02. The Kier molecular flexibility index (Phi) is 2.95. The first-order valence-electron chi connectivity index (χ1n) is 5.00. The summed E-state index contributed by atoms with van der Waals surface area (Å²) in [5.74, 6) is -2.33. The third-order valence-electron chi connectivity index (χ3n) is 2.39. The molecule has 0 aliphatic rings. The summed E-state index contributed by atoms with van der Waals surface area (Å²) in [5.41, 5.74) is 0.455. The van der Waals surface area contributed by atoms with E-state index in [-0.39, 0.29) is 0 Å². The number of hydrogen-bond acceptors (Lipinski definition) is 2. The van der Waals surface area contributed by atoms with Crippen molar-refractivity contribution in [2.75, 3.05) is 0 Å². The van der Waals surface area contributed by atoms with Gasteiger partial charge in [0, 0.05) is 18.0 Å². The van der Waals surface area contributed by atoms with E-state index in [1.165, 1.54) is 6.20 Å². The summed E-state index contributed by atoms with van der Waals surface area (Å²) >= 11 is 0. The van der Waals surface area contributed by atoms with Crippen molar-refractivity contribution < 1.29 is 13.6 Å². The van der Waals surface area contributed by atoms with Crippen molar-refractivity contribution in [2.45, 2.75) is 6.92 Å². The zero-order valence-corrected chi connectivity index (χ0v) is 9.08. The van der Waals surface area contributed by atoms with Crippen LogP contribution in [0.2, 0.25) is 0 Å². The van der Waals surface area contributed by atoms with Crippen LogP contribution in [0.5, 0.6) is 0 Å². The van der Waals surface area contributed by atoms with E-state index in [4.69, 9.17) is 0 Å². The van der Waals surface area contributed by atoms with Crippen molar-refractivity contribution in [3.63, 3.8) is 0 Å². The van der Waals surface area contributed by atoms with Crippen LogP contribution in [0.3, 0.4) is 0 Å². The lowest BCUT2D eigenvalue weighted by atomic mass is 10.0. The molecule has 0 amide bonds. The zero-order valence-electron chi connectivity index (χ0n) is 9.08. The first kappa shape index (κ1) is 11.4. The molecule has 2 rings (SSSR count).